The number of anilines is 1. The molecule has 7 heteroatoms. The van der Waals surface area contributed by atoms with Gasteiger partial charge in [0.15, 0.2) is 0 Å². The number of nitrogens with zero attached hydrogens (tertiary/aromatic N) is 1. The average molecular weight is 299 g/mol. The Hall–Kier alpha value is -3.22. The maximum absolute atomic E-state index is 14.1. The summed E-state index contributed by atoms with van der Waals surface area (Å²) in [7, 11) is 0. The summed E-state index contributed by atoms with van der Waals surface area (Å²) in [4.78, 5) is 24.8. The highest BCUT2D eigenvalue weighted by atomic mass is 19.1. The average Bonchev–Trinajstić information content (AvgIpc) is 2.49. The Morgan fingerprint density at radius 2 is 1.91 bits per heavy atom. The van der Waals surface area contributed by atoms with Gasteiger partial charge in [0.05, 0.1) is 4.92 Å². The van der Waals surface area contributed by atoms with Gasteiger partial charge in [0.2, 0.25) is 0 Å². The van der Waals surface area contributed by atoms with E-state index >= 15 is 0 Å². The van der Waals surface area contributed by atoms with Gasteiger partial charge in [-0.15, -0.1) is 0 Å². The Morgan fingerprint density at radius 1 is 1.18 bits per heavy atom. The van der Waals surface area contributed by atoms with Crippen molar-refractivity contribution in [2.24, 2.45) is 0 Å². The number of nitrogens with one attached hydrogen (secondary N) is 1. The fraction of sp³-hybridized carbons (Fsp3) is 0. The number of rotatable bonds is 2. The van der Waals surface area contributed by atoms with E-state index in [1.807, 2.05) is 0 Å². The summed E-state index contributed by atoms with van der Waals surface area (Å²) in [5.41, 5.74) is 5.50. The molecule has 0 saturated carbocycles. The van der Waals surface area contributed by atoms with E-state index in [9.17, 15) is 19.3 Å². The zero-order valence-electron chi connectivity index (χ0n) is 11.2. The molecule has 0 fully saturated rings. The molecule has 6 nitrogen and oxygen atoms in total. The van der Waals surface area contributed by atoms with Gasteiger partial charge >= 0.3 is 0 Å². The number of fused-ring (bicyclic) bond motifs is 1. The van der Waals surface area contributed by atoms with E-state index in [0.29, 0.717) is 10.9 Å². The second-order valence-electron chi connectivity index (χ2n) is 4.71. The lowest BCUT2D eigenvalue weighted by Gasteiger charge is -2.10. The van der Waals surface area contributed by atoms with Crippen LogP contribution in [0, 0.1) is 15.9 Å². The molecule has 1 heterocycles. The lowest BCUT2D eigenvalue weighted by molar-refractivity contribution is -0.384. The number of nitrogens with two attached hydrogens (primary N) is 1. The predicted octanol–water partition coefficient (Wildman–Crippen LogP) is 2.82. The van der Waals surface area contributed by atoms with Crippen LogP contribution in [-0.4, -0.2) is 9.91 Å². The van der Waals surface area contributed by atoms with E-state index in [1.165, 1.54) is 36.4 Å². The first-order valence-electron chi connectivity index (χ1n) is 6.34. The molecular formula is C15H10FN3O3. The second kappa shape index (κ2) is 4.96. The molecule has 0 aliphatic carbocycles. The number of aromatic amines is 1. The fourth-order valence-electron chi connectivity index (χ4n) is 2.36. The number of benzene rings is 2. The highest BCUT2D eigenvalue weighted by molar-refractivity contribution is 6.01. The number of hydrogen-bond donors (Lipinski definition) is 2. The van der Waals surface area contributed by atoms with Crippen molar-refractivity contribution in [3.8, 4) is 11.1 Å². The first-order chi connectivity index (χ1) is 10.5. The van der Waals surface area contributed by atoms with Crippen molar-refractivity contribution in [3.63, 3.8) is 0 Å². The van der Waals surface area contributed by atoms with Crippen molar-refractivity contribution in [1.82, 2.24) is 4.98 Å². The van der Waals surface area contributed by atoms with Crippen LogP contribution < -0.4 is 11.3 Å². The molecule has 3 rings (SSSR count). The lowest BCUT2D eigenvalue weighted by Crippen LogP contribution is -2.13. The molecule has 0 atom stereocenters. The zero-order valence-corrected chi connectivity index (χ0v) is 11.2. The first-order valence-corrected chi connectivity index (χ1v) is 6.34. The number of aromatic nitrogens is 1. The highest BCUT2D eigenvalue weighted by Crippen LogP contribution is 2.34. The standard InChI is InChI=1S/C15H10FN3O3/c16-11-4-2-1-3-9(11)13-10-7-8(19(21)22)5-6-12(10)18-15(20)14(13)17/h1-7H,17H2,(H,18,20). The van der Waals surface area contributed by atoms with Gasteiger partial charge in [0, 0.05) is 34.2 Å². The molecule has 3 aromatic rings. The lowest BCUT2D eigenvalue weighted by atomic mass is 9.98. The summed E-state index contributed by atoms with van der Waals surface area (Å²) in [6.07, 6.45) is 0. The molecule has 1 aromatic heterocycles. The maximum atomic E-state index is 14.1. The number of pyridine rings is 1. The van der Waals surface area contributed by atoms with Crippen molar-refractivity contribution >= 4 is 22.3 Å². The normalized spacial score (nSPS) is 10.8. The fourth-order valence-corrected chi connectivity index (χ4v) is 2.36. The van der Waals surface area contributed by atoms with Crippen LogP contribution in [0.4, 0.5) is 15.8 Å². The summed E-state index contributed by atoms with van der Waals surface area (Å²) in [6, 6.07) is 9.74. The van der Waals surface area contributed by atoms with E-state index in [4.69, 9.17) is 5.73 Å². The molecule has 110 valence electrons. The van der Waals surface area contributed by atoms with Crippen LogP contribution in [0.2, 0.25) is 0 Å². The third kappa shape index (κ3) is 2.08. The third-order valence-corrected chi connectivity index (χ3v) is 3.39. The minimum atomic E-state index is -0.570. The van der Waals surface area contributed by atoms with Crippen LogP contribution in [0.25, 0.3) is 22.0 Å². The van der Waals surface area contributed by atoms with E-state index in [0.717, 1.165) is 0 Å². The zero-order chi connectivity index (χ0) is 15.9. The second-order valence-corrected chi connectivity index (χ2v) is 4.71. The summed E-state index contributed by atoms with van der Waals surface area (Å²) in [5.74, 6) is -0.562. The van der Waals surface area contributed by atoms with Crippen molar-refractivity contribution < 1.29 is 9.31 Å². The number of non-ortho nitro benzene ring substituents is 1. The summed E-state index contributed by atoms with van der Waals surface area (Å²) >= 11 is 0. The number of hydrogen-bond acceptors (Lipinski definition) is 4. The van der Waals surface area contributed by atoms with E-state index in [-0.39, 0.29) is 22.5 Å². The van der Waals surface area contributed by atoms with Gasteiger partial charge in [-0.1, -0.05) is 18.2 Å². The van der Waals surface area contributed by atoms with Gasteiger partial charge in [-0.05, 0) is 12.1 Å². The monoisotopic (exact) mass is 299 g/mol. The molecule has 0 radical (unpaired) electrons. The number of nitro groups is 1. The van der Waals surface area contributed by atoms with Gasteiger partial charge in [0.1, 0.15) is 11.5 Å². The van der Waals surface area contributed by atoms with Gasteiger partial charge in [0.25, 0.3) is 11.2 Å². The van der Waals surface area contributed by atoms with Crippen LogP contribution in [0.1, 0.15) is 0 Å². The Morgan fingerprint density at radius 3 is 2.59 bits per heavy atom. The number of halogens is 1. The van der Waals surface area contributed by atoms with Crippen LogP contribution in [0.15, 0.2) is 47.3 Å². The quantitative estimate of drug-likeness (QED) is 0.561. The van der Waals surface area contributed by atoms with Crippen molar-refractivity contribution in [1.29, 1.82) is 0 Å². The molecule has 2 aromatic carbocycles. The highest BCUT2D eigenvalue weighted by Gasteiger charge is 2.17. The van der Waals surface area contributed by atoms with Crippen LogP contribution >= 0.6 is 0 Å². The maximum Gasteiger partial charge on any atom is 0.272 e. The minimum absolute atomic E-state index is 0.122. The predicted molar refractivity (Wildman–Crippen MR) is 81.0 cm³/mol. The van der Waals surface area contributed by atoms with E-state index in [1.54, 1.807) is 6.07 Å². The Balaban J connectivity index is 2.48. The molecule has 0 aliphatic heterocycles. The Bertz CT molecular complexity index is 966. The molecule has 0 aliphatic rings. The first kappa shape index (κ1) is 13.7. The van der Waals surface area contributed by atoms with Crippen molar-refractivity contribution in [2.45, 2.75) is 0 Å². The van der Waals surface area contributed by atoms with Gasteiger partial charge in [-0.2, -0.15) is 0 Å². The topological polar surface area (TPSA) is 102 Å². The van der Waals surface area contributed by atoms with E-state index < -0.39 is 16.3 Å². The Labute approximate surface area is 123 Å². The molecule has 22 heavy (non-hydrogen) atoms. The molecule has 0 spiro atoms. The van der Waals surface area contributed by atoms with Gasteiger partial charge in [-0.25, -0.2) is 4.39 Å². The largest absolute Gasteiger partial charge is 0.394 e. The minimum Gasteiger partial charge on any atom is -0.394 e. The smallest absolute Gasteiger partial charge is 0.272 e. The number of nitro benzene ring substituents is 1. The SMILES string of the molecule is Nc1c(-c2ccccc2F)c2cc([N+](=O)[O-])ccc2[nH]c1=O. The summed E-state index contributed by atoms with van der Waals surface area (Å²) in [6.45, 7) is 0. The van der Waals surface area contributed by atoms with Crippen molar-refractivity contribution in [3.05, 3.63) is 68.7 Å². The Kier molecular flexibility index (Phi) is 3.10. The molecule has 0 saturated heterocycles. The number of nitrogen functional groups attached to an aromatic ring is 1. The molecule has 3 N–H and O–H groups in total. The van der Waals surface area contributed by atoms with E-state index in [2.05, 4.69) is 4.98 Å². The van der Waals surface area contributed by atoms with Gasteiger partial charge < -0.3 is 10.7 Å². The van der Waals surface area contributed by atoms with Crippen LogP contribution in [0.3, 0.4) is 0 Å². The van der Waals surface area contributed by atoms with Crippen molar-refractivity contribution in [2.75, 3.05) is 5.73 Å². The number of H-pyrrole nitrogens is 1. The molecule has 0 amide bonds. The molecule has 0 unspecified atom stereocenters. The van der Waals surface area contributed by atoms with Crippen LogP contribution in [-0.2, 0) is 0 Å². The van der Waals surface area contributed by atoms with Gasteiger partial charge in [-0.3, -0.25) is 14.9 Å². The summed E-state index contributed by atoms with van der Waals surface area (Å²) < 4.78 is 14.1. The summed E-state index contributed by atoms with van der Waals surface area (Å²) in [5, 5.41) is 11.3. The van der Waals surface area contributed by atoms with Crippen LogP contribution in [0.5, 0.6) is 0 Å². The molecular weight excluding hydrogens is 289 g/mol. The molecule has 0 bridgehead atoms. The third-order valence-electron chi connectivity index (χ3n) is 3.39.